The molecule has 1 N–H and O–H groups in total. The first-order chi connectivity index (χ1) is 11.5. The van der Waals surface area contributed by atoms with E-state index in [4.69, 9.17) is 0 Å². The normalized spacial score (nSPS) is 15.6. The quantitative estimate of drug-likeness (QED) is 0.697. The van der Waals surface area contributed by atoms with Gasteiger partial charge in [0.1, 0.15) is 5.69 Å². The van der Waals surface area contributed by atoms with Gasteiger partial charge in [-0.3, -0.25) is 4.79 Å². The van der Waals surface area contributed by atoms with Gasteiger partial charge in [-0.05, 0) is 32.4 Å². The molecule has 0 unspecified atom stereocenters. The molecule has 120 valence electrons. The Bertz CT molecular complexity index is 926. The lowest BCUT2D eigenvalue weighted by atomic mass is 10.0. The molecule has 0 saturated carbocycles. The van der Waals surface area contributed by atoms with Crippen LogP contribution in [0.25, 0.3) is 0 Å². The van der Waals surface area contributed by atoms with E-state index in [0.717, 1.165) is 22.5 Å². The molecule has 4 rings (SSSR count). The fourth-order valence-electron chi connectivity index (χ4n) is 2.97. The van der Waals surface area contributed by atoms with E-state index in [-0.39, 0.29) is 11.9 Å². The summed E-state index contributed by atoms with van der Waals surface area (Å²) >= 11 is 0. The number of hydrogen-bond acceptors (Lipinski definition) is 6. The van der Waals surface area contributed by atoms with Crippen LogP contribution in [0.2, 0.25) is 0 Å². The minimum Gasteiger partial charge on any atom is -0.338 e. The van der Waals surface area contributed by atoms with Crippen LogP contribution in [0.3, 0.4) is 0 Å². The van der Waals surface area contributed by atoms with E-state index >= 15 is 0 Å². The number of para-hydroxylation sites is 1. The molecule has 0 aliphatic carbocycles. The predicted molar refractivity (Wildman–Crippen MR) is 91.3 cm³/mol. The fourth-order valence-corrected chi connectivity index (χ4v) is 2.97. The molecule has 2 aromatic rings. The Morgan fingerprint density at radius 3 is 2.75 bits per heavy atom. The zero-order valence-electron chi connectivity index (χ0n) is 13.7. The number of amides is 1. The number of carbonyl (C=O) groups excluding carboxylic acids is 1. The topological polar surface area (TPSA) is 83.4 Å². The molecule has 1 amide bonds. The van der Waals surface area contributed by atoms with E-state index in [1.54, 1.807) is 6.92 Å². The number of nitrogens with zero attached hydrogens (tertiary/aromatic N) is 5. The lowest BCUT2D eigenvalue weighted by molar-refractivity contribution is -0.114. The molecular weight excluding hydrogens is 304 g/mol. The minimum absolute atomic E-state index is 0.182. The number of hydrogen-bond donors (Lipinski definition) is 1. The van der Waals surface area contributed by atoms with E-state index < -0.39 is 0 Å². The first kappa shape index (κ1) is 14.5. The molecular formula is C17H16N6O. The molecule has 24 heavy (non-hydrogen) atoms. The molecule has 7 nitrogen and oxygen atoms in total. The molecule has 2 aliphatic rings. The Labute approximate surface area is 139 Å². The average Bonchev–Trinajstić information content (AvgIpc) is 2.87. The number of benzene rings is 1. The Kier molecular flexibility index (Phi) is 3.16. The van der Waals surface area contributed by atoms with E-state index in [1.165, 1.54) is 5.01 Å². The van der Waals surface area contributed by atoms with Crippen molar-refractivity contribution in [2.24, 2.45) is 5.10 Å². The minimum atomic E-state index is -0.217. The largest absolute Gasteiger partial charge is 0.338 e. The van der Waals surface area contributed by atoms with Gasteiger partial charge in [-0.2, -0.15) is 15.1 Å². The number of nitrogens with one attached hydrogen (secondary N) is 1. The zero-order chi connectivity index (χ0) is 16.8. The summed E-state index contributed by atoms with van der Waals surface area (Å²) < 4.78 is 0. The summed E-state index contributed by atoms with van der Waals surface area (Å²) in [4.78, 5) is 17.0. The lowest BCUT2D eigenvalue weighted by Crippen LogP contribution is -2.25. The molecule has 7 heteroatoms. The van der Waals surface area contributed by atoms with Crippen molar-refractivity contribution >= 4 is 29.1 Å². The number of aromatic nitrogens is 3. The highest BCUT2D eigenvalue weighted by Gasteiger charge is 2.32. The van der Waals surface area contributed by atoms with Crippen LogP contribution < -0.4 is 10.3 Å². The third-order valence-electron chi connectivity index (χ3n) is 4.08. The number of carbonyl (C=O) groups is 1. The van der Waals surface area contributed by atoms with Crippen molar-refractivity contribution in [3.63, 3.8) is 0 Å². The van der Waals surface area contributed by atoms with Gasteiger partial charge >= 0.3 is 0 Å². The first-order valence-corrected chi connectivity index (χ1v) is 7.70. The van der Waals surface area contributed by atoms with Gasteiger partial charge in [0.05, 0.1) is 11.3 Å². The average molecular weight is 320 g/mol. The van der Waals surface area contributed by atoms with Gasteiger partial charge in [0.15, 0.2) is 5.82 Å². The highest BCUT2D eigenvalue weighted by Crippen LogP contribution is 2.31. The summed E-state index contributed by atoms with van der Waals surface area (Å²) in [6.07, 6.45) is 0.661. The van der Waals surface area contributed by atoms with Gasteiger partial charge in [0.2, 0.25) is 0 Å². The van der Waals surface area contributed by atoms with E-state index in [1.807, 2.05) is 38.1 Å². The third-order valence-corrected chi connectivity index (χ3v) is 4.08. The number of anilines is 3. The molecule has 3 heterocycles. The summed E-state index contributed by atoms with van der Waals surface area (Å²) in [7, 11) is 0. The third kappa shape index (κ3) is 2.17. The van der Waals surface area contributed by atoms with Crippen LogP contribution in [-0.2, 0) is 11.2 Å². The molecule has 1 aromatic heterocycles. The van der Waals surface area contributed by atoms with Crippen molar-refractivity contribution in [1.82, 2.24) is 15.2 Å². The molecule has 0 atom stereocenters. The second-order valence-electron chi connectivity index (χ2n) is 6.04. The van der Waals surface area contributed by atoms with Gasteiger partial charge in [-0.1, -0.05) is 23.8 Å². The standard InChI is InChI=1S/C17H16N6O/c1-9(2)14-10(3)22-23(16(14)24)17-19-15-13(20-21-17)8-11-6-4-5-7-12(11)18-15/h4-7H,8H2,1-3H3,(H,18,19,21). The summed E-state index contributed by atoms with van der Waals surface area (Å²) in [5.41, 5.74) is 5.09. The van der Waals surface area contributed by atoms with Crippen LogP contribution in [-0.4, -0.2) is 26.8 Å². The maximum Gasteiger partial charge on any atom is 0.283 e. The second-order valence-corrected chi connectivity index (χ2v) is 6.04. The molecule has 0 saturated heterocycles. The number of hydrazone groups is 1. The van der Waals surface area contributed by atoms with Crippen molar-refractivity contribution in [3.8, 4) is 0 Å². The maximum absolute atomic E-state index is 12.5. The van der Waals surface area contributed by atoms with Crippen LogP contribution in [0.15, 0.2) is 40.5 Å². The van der Waals surface area contributed by atoms with E-state index in [0.29, 0.717) is 23.5 Å². The summed E-state index contributed by atoms with van der Waals surface area (Å²) in [5, 5.41) is 17.1. The van der Waals surface area contributed by atoms with Crippen LogP contribution in [0.4, 0.5) is 17.5 Å². The first-order valence-electron chi connectivity index (χ1n) is 7.70. The maximum atomic E-state index is 12.5. The smallest absolute Gasteiger partial charge is 0.283 e. The Morgan fingerprint density at radius 1 is 1.21 bits per heavy atom. The van der Waals surface area contributed by atoms with Crippen LogP contribution >= 0.6 is 0 Å². The monoisotopic (exact) mass is 320 g/mol. The number of allylic oxidation sites excluding steroid dienone is 1. The van der Waals surface area contributed by atoms with Gasteiger partial charge < -0.3 is 5.32 Å². The van der Waals surface area contributed by atoms with Gasteiger partial charge in [-0.25, -0.2) is 0 Å². The summed E-state index contributed by atoms with van der Waals surface area (Å²) in [5.74, 6) is 0.580. The zero-order valence-corrected chi connectivity index (χ0v) is 13.7. The highest BCUT2D eigenvalue weighted by atomic mass is 16.2. The SMILES string of the molecule is CC1=NN(c2nnc3c(n2)Nc2ccccc2C3)C(=O)C1=C(C)C. The van der Waals surface area contributed by atoms with Crippen molar-refractivity contribution in [1.29, 1.82) is 0 Å². The van der Waals surface area contributed by atoms with Crippen LogP contribution in [0.5, 0.6) is 0 Å². The molecule has 0 fully saturated rings. The Morgan fingerprint density at radius 2 is 2.00 bits per heavy atom. The summed E-state index contributed by atoms with van der Waals surface area (Å²) in [6.45, 7) is 5.58. The van der Waals surface area contributed by atoms with Crippen molar-refractivity contribution < 1.29 is 4.79 Å². The molecule has 0 radical (unpaired) electrons. The lowest BCUT2D eigenvalue weighted by Gasteiger charge is -2.20. The van der Waals surface area contributed by atoms with Crippen molar-refractivity contribution in [3.05, 3.63) is 46.7 Å². The predicted octanol–water partition coefficient (Wildman–Crippen LogP) is 2.58. The molecule has 2 aliphatic heterocycles. The highest BCUT2D eigenvalue weighted by molar-refractivity contribution is 6.29. The van der Waals surface area contributed by atoms with Gasteiger partial charge in [0.25, 0.3) is 11.9 Å². The van der Waals surface area contributed by atoms with Gasteiger partial charge in [-0.15, -0.1) is 10.2 Å². The number of rotatable bonds is 1. The van der Waals surface area contributed by atoms with Crippen LogP contribution in [0.1, 0.15) is 32.0 Å². The Hall–Kier alpha value is -3.09. The van der Waals surface area contributed by atoms with Gasteiger partial charge in [0, 0.05) is 12.1 Å². The molecule has 0 spiro atoms. The fraction of sp³-hybridized carbons (Fsp3) is 0.235. The van der Waals surface area contributed by atoms with E-state index in [9.17, 15) is 4.79 Å². The van der Waals surface area contributed by atoms with Crippen molar-refractivity contribution in [2.75, 3.05) is 10.3 Å². The van der Waals surface area contributed by atoms with E-state index in [2.05, 4.69) is 25.6 Å². The summed E-state index contributed by atoms with van der Waals surface area (Å²) in [6, 6.07) is 7.98. The van der Waals surface area contributed by atoms with Crippen molar-refractivity contribution in [2.45, 2.75) is 27.2 Å². The second kappa shape index (κ2) is 5.23. The molecule has 1 aromatic carbocycles. The molecule has 0 bridgehead atoms. The Balaban J connectivity index is 1.71. The number of fused-ring (bicyclic) bond motifs is 2. The van der Waals surface area contributed by atoms with Crippen LogP contribution in [0, 0.1) is 0 Å².